The Bertz CT molecular complexity index is 2440. The minimum atomic E-state index is 0.115. The number of rotatable bonds is 8. The molecule has 0 aliphatic heterocycles. The number of benzene rings is 6. The van der Waals surface area contributed by atoms with E-state index in [4.69, 9.17) is 6.42 Å². The molecule has 0 saturated heterocycles. The van der Waals surface area contributed by atoms with E-state index in [1.165, 1.54) is 90.3 Å². The van der Waals surface area contributed by atoms with Crippen LogP contribution in [0.25, 0.3) is 0 Å². The summed E-state index contributed by atoms with van der Waals surface area (Å²) in [5.74, 6) is 3.13. The molecule has 4 fully saturated rings. The maximum atomic E-state index is 6.08. The molecular weight excluding hydrogens is 769 g/mol. The van der Waals surface area contributed by atoms with Crippen molar-refractivity contribution in [3.63, 3.8) is 0 Å². The van der Waals surface area contributed by atoms with Gasteiger partial charge in [-0.25, -0.2) is 0 Å². The van der Waals surface area contributed by atoms with E-state index >= 15 is 0 Å². The lowest BCUT2D eigenvalue weighted by atomic mass is 9.40. The third kappa shape index (κ3) is 7.93. The summed E-state index contributed by atoms with van der Waals surface area (Å²) in [6.07, 6.45) is 18.7. The fraction of sp³-hybridized carbons (Fsp3) is 0.375. The summed E-state index contributed by atoms with van der Waals surface area (Å²) in [5, 5.41) is 0. The molecule has 4 aliphatic carbocycles. The predicted octanol–water partition coefficient (Wildman–Crippen LogP) is 16.2. The van der Waals surface area contributed by atoms with Gasteiger partial charge in [0.05, 0.1) is 0 Å². The van der Waals surface area contributed by atoms with E-state index in [1.54, 1.807) is 0 Å². The molecule has 6 aromatic carbocycles. The molecule has 0 heteroatoms. The van der Waals surface area contributed by atoms with E-state index in [0.29, 0.717) is 0 Å². The van der Waals surface area contributed by atoms with Crippen LogP contribution in [0.1, 0.15) is 139 Å². The first-order valence-corrected chi connectivity index (χ1v) is 24.1. The lowest BCUT2D eigenvalue weighted by Gasteiger charge is -2.64. The summed E-state index contributed by atoms with van der Waals surface area (Å²) in [4.78, 5) is 0. The molecule has 0 heterocycles. The third-order valence-corrected chi connectivity index (χ3v) is 17.3. The van der Waals surface area contributed by atoms with E-state index in [2.05, 4.69) is 229 Å². The Labute approximate surface area is 386 Å². The molecule has 0 aromatic heterocycles. The van der Waals surface area contributed by atoms with Crippen LogP contribution in [0.15, 0.2) is 194 Å². The van der Waals surface area contributed by atoms with Crippen LogP contribution >= 0.6 is 0 Å². The molecule has 6 aromatic rings. The van der Waals surface area contributed by atoms with E-state index in [9.17, 15) is 0 Å². The van der Waals surface area contributed by atoms with Crippen molar-refractivity contribution in [1.82, 2.24) is 0 Å². The van der Waals surface area contributed by atoms with Crippen molar-refractivity contribution in [2.45, 2.75) is 138 Å². The highest BCUT2D eigenvalue weighted by molar-refractivity contribution is 5.43. The molecular formula is C64H70. The van der Waals surface area contributed by atoms with E-state index in [1.807, 2.05) is 0 Å². The lowest BCUT2D eigenvalue weighted by Crippen LogP contribution is -2.57. The Morgan fingerprint density at radius 2 is 0.656 bits per heavy atom. The Hall–Kier alpha value is -5.38. The molecule has 4 bridgehead atoms. The zero-order chi connectivity index (χ0) is 44.7. The minimum absolute atomic E-state index is 0.115. The maximum absolute atomic E-state index is 6.08. The maximum Gasteiger partial charge on any atom is 0.0144 e. The van der Waals surface area contributed by atoms with Gasteiger partial charge >= 0.3 is 0 Å². The Balaban J connectivity index is 0.000000162. The molecule has 4 saturated carbocycles. The highest BCUT2D eigenvalue weighted by atomic mass is 14.7. The lowest BCUT2D eigenvalue weighted by molar-refractivity contribution is -0.0294. The number of allylic oxidation sites excluding steroid dienone is 1. The van der Waals surface area contributed by atoms with Gasteiger partial charge in [0.1, 0.15) is 0 Å². The van der Waals surface area contributed by atoms with Gasteiger partial charge in [0.2, 0.25) is 0 Å². The van der Waals surface area contributed by atoms with Gasteiger partial charge in [-0.15, -0.1) is 12.3 Å². The molecule has 4 unspecified atom stereocenters. The van der Waals surface area contributed by atoms with Crippen LogP contribution in [0.4, 0.5) is 0 Å². The van der Waals surface area contributed by atoms with Gasteiger partial charge < -0.3 is 0 Å². The van der Waals surface area contributed by atoms with Crippen LogP contribution in [-0.2, 0) is 32.5 Å². The molecule has 0 N–H and O–H groups in total. The van der Waals surface area contributed by atoms with Crippen LogP contribution in [0.3, 0.4) is 0 Å². The molecule has 0 nitrogen and oxygen atoms in total. The Morgan fingerprint density at radius 1 is 0.391 bits per heavy atom. The second kappa shape index (κ2) is 16.6. The fourth-order valence-corrected chi connectivity index (χ4v) is 15.7. The molecule has 64 heavy (non-hydrogen) atoms. The molecule has 326 valence electrons. The topological polar surface area (TPSA) is 0 Å². The second-order valence-corrected chi connectivity index (χ2v) is 22.7. The monoisotopic (exact) mass is 839 g/mol. The van der Waals surface area contributed by atoms with Gasteiger partial charge in [0, 0.05) is 6.42 Å². The van der Waals surface area contributed by atoms with Crippen LogP contribution in [0.2, 0.25) is 0 Å². The van der Waals surface area contributed by atoms with Gasteiger partial charge in [0.25, 0.3) is 0 Å². The minimum Gasteiger partial charge on any atom is -0.120 e. The summed E-state index contributed by atoms with van der Waals surface area (Å²) in [6, 6.07) is 67.6. The van der Waals surface area contributed by atoms with Gasteiger partial charge in [-0.3, -0.25) is 0 Å². The highest BCUT2D eigenvalue weighted by Crippen LogP contribution is 2.69. The SMILES string of the molecule is C#CCC12CC(C)(c3ccccc3)CC(c3ccccc3)(C1)CC(C)(c1ccccc1)C2.C=C(C)C12CC(C)(c3ccccc3)CC(c3ccccc3)(C1)CC(C)(c1ccccc1)C2. The van der Waals surface area contributed by atoms with Crippen LogP contribution < -0.4 is 0 Å². The summed E-state index contributed by atoms with van der Waals surface area (Å²) in [7, 11) is 0. The van der Waals surface area contributed by atoms with Gasteiger partial charge in [-0.1, -0.05) is 222 Å². The van der Waals surface area contributed by atoms with Crippen LogP contribution in [0.5, 0.6) is 0 Å². The van der Waals surface area contributed by atoms with Crippen LogP contribution in [0, 0.1) is 23.2 Å². The largest absolute Gasteiger partial charge is 0.120 e. The van der Waals surface area contributed by atoms with E-state index in [0.717, 1.165) is 19.3 Å². The summed E-state index contributed by atoms with van der Waals surface area (Å²) < 4.78 is 0. The first kappa shape index (κ1) is 43.9. The van der Waals surface area contributed by atoms with Gasteiger partial charge in [-0.2, -0.15) is 0 Å². The molecule has 0 radical (unpaired) electrons. The number of terminal acetylenes is 1. The molecule has 0 spiro atoms. The zero-order valence-corrected chi connectivity index (χ0v) is 39.4. The normalized spacial score (nSPS) is 34.0. The number of hydrogen-bond donors (Lipinski definition) is 0. The van der Waals surface area contributed by atoms with Crippen molar-refractivity contribution < 1.29 is 0 Å². The average Bonchev–Trinajstić information content (AvgIpc) is 3.30. The van der Waals surface area contributed by atoms with Crippen molar-refractivity contribution in [2.24, 2.45) is 10.8 Å². The predicted molar refractivity (Wildman–Crippen MR) is 271 cm³/mol. The van der Waals surface area contributed by atoms with E-state index < -0.39 is 0 Å². The average molecular weight is 839 g/mol. The molecule has 10 rings (SSSR count). The second-order valence-electron chi connectivity index (χ2n) is 22.7. The van der Waals surface area contributed by atoms with Crippen molar-refractivity contribution in [3.8, 4) is 12.3 Å². The number of hydrogen-bond acceptors (Lipinski definition) is 0. The quantitative estimate of drug-likeness (QED) is 0.106. The Kier molecular flexibility index (Phi) is 11.3. The summed E-state index contributed by atoms with van der Waals surface area (Å²) >= 11 is 0. The molecule has 4 aliphatic rings. The standard InChI is InChI=1S/C32H36.C32H34/c1-25(2)31-20-29(3,26-14-8-5-9-15-26)22-32(24-31,28-18-12-7-13-19-28)23-30(4,21-31)27-16-10-6-11-17-27;1-4-20-31-21-29(2,26-14-8-5-9-15-26)23-32(25-31,28-18-12-7-13-19-28)24-30(3,22-31)27-16-10-6-11-17-27/h5-19H,1,20-24H2,2-4H3;1,5-19H,20-25H2,2-3H3. The van der Waals surface area contributed by atoms with Crippen molar-refractivity contribution in [3.05, 3.63) is 228 Å². The number of fused-ring (bicyclic) bond motifs is 4. The molecule has 0 amide bonds. The highest BCUT2D eigenvalue weighted by Gasteiger charge is 2.62. The summed E-state index contributed by atoms with van der Waals surface area (Å²) in [5.41, 5.74) is 11.2. The smallest absolute Gasteiger partial charge is 0.0144 e. The first-order chi connectivity index (χ1) is 30.7. The zero-order valence-electron chi connectivity index (χ0n) is 39.4. The van der Waals surface area contributed by atoms with Crippen LogP contribution in [-0.4, -0.2) is 0 Å². The van der Waals surface area contributed by atoms with Crippen molar-refractivity contribution in [1.29, 1.82) is 0 Å². The Morgan fingerprint density at radius 3 is 0.938 bits per heavy atom. The van der Waals surface area contributed by atoms with Crippen molar-refractivity contribution in [2.75, 3.05) is 0 Å². The van der Waals surface area contributed by atoms with Gasteiger partial charge in [0.15, 0.2) is 0 Å². The fourth-order valence-electron chi connectivity index (χ4n) is 15.7. The van der Waals surface area contributed by atoms with Gasteiger partial charge in [-0.05, 0) is 148 Å². The van der Waals surface area contributed by atoms with Crippen molar-refractivity contribution >= 4 is 0 Å². The van der Waals surface area contributed by atoms with E-state index in [-0.39, 0.29) is 43.3 Å². The first-order valence-electron chi connectivity index (χ1n) is 24.1. The third-order valence-electron chi connectivity index (χ3n) is 17.3. The summed E-state index contributed by atoms with van der Waals surface area (Å²) in [6.45, 7) is 17.0. The molecule has 4 atom stereocenters.